The lowest BCUT2D eigenvalue weighted by Gasteiger charge is -2.07. The van der Waals surface area contributed by atoms with E-state index in [9.17, 15) is 13.2 Å². The lowest BCUT2D eigenvalue weighted by atomic mass is 10.1. The number of fused-ring (bicyclic) bond motifs is 1. The second kappa shape index (κ2) is 7.74. The standard InChI is InChI=1S/C18H15BrF3NOS/c19-10-1-2-11-24-15-5-3-4-14-16(23-25-17(14)15)12-6-8-13(9-7-12)18(20,21)22/h3-9H,1-2,10-11H2. The molecule has 0 spiro atoms. The van der Waals surface area contributed by atoms with Gasteiger partial charge in [0.1, 0.15) is 5.75 Å². The first-order valence-corrected chi connectivity index (χ1v) is 9.65. The van der Waals surface area contributed by atoms with E-state index in [4.69, 9.17) is 4.74 Å². The zero-order chi connectivity index (χ0) is 17.9. The van der Waals surface area contributed by atoms with Gasteiger partial charge in [-0.2, -0.15) is 17.5 Å². The summed E-state index contributed by atoms with van der Waals surface area (Å²) >= 11 is 4.69. The van der Waals surface area contributed by atoms with Gasteiger partial charge in [-0.05, 0) is 42.6 Å². The van der Waals surface area contributed by atoms with Crippen LogP contribution < -0.4 is 4.74 Å². The minimum Gasteiger partial charge on any atom is -0.492 e. The lowest BCUT2D eigenvalue weighted by molar-refractivity contribution is -0.137. The fraction of sp³-hybridized carbons (Fsp3) is 0.278. The SMILES string of the molecule is FC(F)(F)c1ccc(-c2nsc3c(OCCCCBr)cccc23)cc1. The molecule has 0 saturated heterocycles. The molecule has 0 unspecified atom stereocenters. The maximum absolute atomic E-state index is 12.7. The molecule has 0 radical (unpaired) electrons. The topological polar surface area (TPSA) is 22.1 Å². The second-order valence-electron chi connectivity index (χ2n) is 5.48. The Bertz CT molecular complexity index is 846. The van der Waals surface area contributed by atoms with Crippen LogP contribution in [0.2, 0.25) is 0 Å². The monoisotopic (exact) mass is 429 g/mol. The van der Waals surface area contributed by atoms with Gasteiger partial charge in [0, 0.05) is 16.3 Å². The van der Waals surface area contributed by atoms with Crippen LogP contribution in [-0.4, -0.2) is 16.3 Å². The lowest BCUT2D eigenvalue weighted by Crippen LogP contribution is -2.03. The van der Waals surface area contributed by atoms with Crippen molar-refractivity contribution >= 4 is 37.5 Å². The number of aromatic nitrogens is 1. The summed E-state index contributed by atoms with van der Waals surface area (Å²) in [7, 11) is 0. The molecular weight excluding hydrogens is 415 g/mol. The van der Waals surface area contributed by atoms with E-state index in [1.54, 1.807) is 0 Å². The zero-order valence-corrected chi connectivity index (χ0v) is 15.5. The molecule has 1 heterocycles. The highest BCUT2D eigenvalue weighted by atomic mass is 79.9. The van der Waals surface area contributed by atoms with E-state index >= 15 is 0 Å². The molecule has 1 aromatic heterocycles. The number of nitrogens with zero attached hydrogens (tertiary/aromatic N) is 1. The maximum atomic E-state index is 12.7. The zero-order valence-electron chi connectivity index (χ0n) is 13.1. The Labute approximate surface area is 155 Å². The molecule has 0 amide bonds. The van der Waals surface area contributed by atoms with Crippen molar-refractivity contribution < 1.29 is 17.9 Å². The molecule has 0 saturated carbocycles. The molecule has 0 bridgehead atoms. The van der Waals surface area contributed by atoms with Gasteiger partial charge in [0.25, 0.3) is 0 Å². The molecule has 7 heteroatoms. The predicted molar refractivity (Wildman–Crippen MR) is 98.6 cm³/mol. The van der Waals surface area contributed by atoms with Crippen LogP contribution in [0.4, 0.5) is 13.2 Å². The van der Waals surface area contributed by atoms with Crippen LogP contribution in [0, 0.1) is 0 Å². The normalized spacial score (nSPS) is 11.8. The maximum Gasteiger partial charge on any atom is 0.416 e. The van der Waals surface area contributed by atoms with E-state index in [1.165, 1.54) is 23.7 Å². The Kier molecular flexibility index (Phi) is 5.64. The van der Waals surface area contributed by atoms with Gasteiger partial charge in [-0.15, -0.1) is 0 Å². The summed E-state index contributed by atoms with van der Waals surface area (Å²) in [5, 5.41) is 1.84. The Morgan fingerprint density at radius 3 is 2.48 bits per heavy atom. The number of benzene rings is 2. The second-order valence-corrected chi connectivity index (χ2v) is 7.05. The molecule has 0 aliphatic rings. The van der Waals surface area contributed by atoms with Crippen molar-refractivity contribution in [3.63, 3.8) is 0 Å². The van der Waals surface area contributed by atoms with Gasteiger partial charge in [0.2, 0.25) is 0 Å². The Morgan fingerprint density at radius 2 is 1.80 bits per heavy atom. The van der Waals surface area contributed by atoms with Crippen molar-refractivity contribution in [2.75, 3.05) is 11.9 Å². The van der Waals surface area contributed by atoms with Crippen LogP contribution in [0.15, 0.2) is 42.5 Å². The van der Waals surface area contributed by atoms with E-state index in [0.717, 1.165) is 46.1 Å². The number of alkyl halides is 4. The molecular formula is C18H15BrF3NOS. The van der Waals surface area contributed by atoms with Gasteiger partial charge in [0.15, 0.2) is 0 Å². The summed E-state index contributed by atoms with van der Waals surface area (Å²) in [5.74, 6) is 0.766. The van der Waals surface area contributed by atoms with Crippen molar-refractivity contribution in [3.8, 4) is 17.0 Å². The first-order valence-electron chi connectivity index (χ1n) is 7.75. The average Bonchev–Trinajstić information content (AvgIpc) is 3.03. The summed E-state index contributed by atoms with van der Waals surface area (Å²) in [6.07, 6.45) is -2.35. The first kappa shape index (κ1) is 18.2. The molecule has 0 atom stereocenters. The smallest absolute Gasteiger partial charge is 0.416 e. The fourth-order valence-electron chi connectivity index (χ4n) is 2.45. The van der Waals surface area contributed by atoms with Crippen molar-refractivity contribution in [1.82, 2.24) is 4.37 Å². The summed E-state index contributed by atoms with van der Waals surface area (Å²) in [5.41, 5.74) is 0.682. The number of unbranched alkanes of at least 4 members (excludes halogenated alkanes) is 1. The van der Waals surface area contributed by atoms with Gasteiger partial charge in [-0.25, -0.2) is 0 Å². The molecule has 3 aromatic rings. The predicted octanol–water partition coefficient (Wildman–Crippen LogP) is 6.54. The van der Waals surface area contributed by atoms with Crippen molar-refractivity contribution in [2.45, 2.75) is 19.0 Å². The first-order chi connectivity index (χ1) is 12.0. The number of hydrogen-bond donors (Lipinski definition) is 0. The highest BCUT2D eigenvalue weighted by Gasteiger charge is 2.30. The Morgan fingerprint density at radius 1 is 1.04 bits per heavy atom. The highest BCUT2D eigenvalue weighted by Crippen LogP contribution is 2.37. The third-order valence-electron chi connectivity index (χ3n) is 3.73. The third-order valence-corrected chi connectivity index (χ3v) is 5.17. The van der Waals surface area contributed by atoms with Crippen LogP contribution in [0.25, 0.3) is 21.3 Å². The van der Waals surface area contributed by atoms with E-state index in [1.807, 2.05) is 18.2 Å². The minimum atomic E-state index is -4.33. The third kappa shape index (κ3) is 4.15. The van der Waals surface area contributed by atoms with Crippen LogP contribution in [0.5, 0.6) is 5.75 Å². The van der Waals surface area contributed by atoms with E-state index in [-0.39, 0.29) is 0 Å². The van der Waals surface area contributed by atoms with Crippen LogP contribution in [0.3, 0.4) is 0 Å². The number of ether oxygens (including phenoxy) is 1. The van der Waals surface area contributed by atoms with Crippen molar-refractivity contribution in [2.24, 2.45) is 0 Å². The van der Waals surface area contributed by atoms with Crippen LogP contribution in [0.1, 0.15) is 18.4 Å². The summed E-state index contributed by atoms with van der Waals surface area (Å²) < 4.78 is 49.3. The molecule has 2 aromatic carbocycles. The van der Waals surface area contributed by atoms with E-state index < -0.39 is 11.7 Å². The van der Waals surface area contributed by atoms with Gasteiger partial charge in [0.05, 0.1) is 22.6 Å². The summed E-state index contributed by atoms with van der Waals surface area (Å²) in [4.78, 5) is 0. The molecule has 0 fully saturated rings. The van der Waals surface area contributed by atoms with Gasteiger partial charge >= 0.3 is 6.18 Å². The van der Waals surface area contributed by atoms with Gasteiger partial charge in [-0.1, -0.05) is 40.2 Å². The molecule has 0 aliphatic heterocycles. The van der Waals surface area contributed by atoms with Gasteiger partial charge < -0.3 is 4.74 Å². The average molecular weight is 430 g/mol. The molecule has 3 rings (SSSR count). The number of hydrogen-bond acceptors (Lipinski definition) is 3. The minimum absolute atomic E-state index is 0.623. The number of halogens is 4. The fourth-order valence-corrected chi connectivity index (χ4v) is 3.72. The molecule has 25 heavy (non-hydrogen) atoms. The molecule has 0 aliphatic carbocycles. The molecule has 132 valence electrons. The largest absolute Gasteiger partial charge is 0.492 e. The molecule has 0 N–H and O–H groups in total. The van der Waals surface area contributed by atoms with Crippen molar-refractivity contribution in [1.29, 1.82) is 0 Å². The van der Waals surface area contributed by atoms with Crippen LogP contribution in [-0.2, 0) is 6.18 Å². The summed E-state index contributed by atoms with van der Waals surface area (Å²) in [6.45, 7) is 0.623. The number of rotatable bonds is 6. The summed E-state index contributed by atoms with van der Waals surface area (Å²) in [6, 6.07) is 10.8. The van der Waals surface area contributed by atoms with E-state index in [0.29, 0.717) is 17.9 Å². The highest BCUT2D eigenvalue weighted by molar-refractivity contribution is 9.09. The molecule has 2 nitrogen and oxygen atoms in total. The Balaban J connectivity index is 1.88. The Hall–Kier alpha value is -1.60. The van der Waals surface area contributed by atoms with Crippen LogP contribution >= 0.6 is 27.5 Å². The van der Waals surface area contributed by atoms with Gasteiger partial charge in [-0.3, -0.25) is 0 Å². The van der Waals surface area contributed by atoms with Crippen molar-refractivity contribution in [3.05, 3.63) is 48.0 Å². The van der Waals surface area contributed by atoms with E-state index in [2.05, 4.69) is 20.3 Å². The quantitative estimate of drug-likeness (QED) is 0.328.